The first-order valence-electron chi connectivity index (χ1n) is 4.73. The Bertz CT molecular complexity index is 109. The summed E-state index contributed by atoms with van der Waals surface area (Å²) in [7, 11) is 4.16. The van der Waals surface area contributed by atoms with E-state index in [0.717, 1.165) is 19.6 Å². The van der Waals surface area contributed by atoms with Gasteiger partial charge in [0.05, 0.1) is 6.61 Å². The summed E-state index contributed by atoms with van der Waals surface area (Å²) in [4.78, 5) is 4.46. The van der Waals surface area contributed by atoms with Gasteiger partial charge in [-0.05, 0) is 14.1 Å². The van der Waals surface area contributed by atoms with E-state index in [4.69, 9.17) is 5.11 Å². The molecule has 1 saturated heterocycles. The van der Waals surface area contributed by atoms with Crippen LogP contribution in [0.15, 0.2) is 0 Å². The van der Waals surface area contributed by atoms with E-state index in [9.17, 15) is 0 Å². The Balaban J connectivity index is 0.000000561. The Kier molecular flexibility index (Phi) is 6.34. The van der Waals surface area contributed by atoms with Crippen molar-refractivity contribution in [2.75, 3.05) is 40.3 Å². The van der Waals surface area contributed by atoms with Gasteiger partial charge in [0, 0.05) is 25.7 Å². The number of aliphatic hydroxyl groups excluding tert-OH is 1. The average Bonchev–Trinajstić information content (AvgIpc) is 2.13. The maximum atomic E-state index is 8.91. The highest BCUT2D eigenvalue weighted by atomic mass is 16.3. The van der Waals surface area contributed by atoms with E-state index in [0.29, 0.717) is 6.04 Å². The maximum absolute atomic E-state index is 8.91. The highest BCUT2D eigenvalue weighted by Gasteiger charge is 2.20. The molecule has 12 heavy (non-hydrogen) atoms. The molecule has 74 valence electrons. The molecule has 0 aromatic heterocycles. The molecule has 0 aromatic rings. The molecule has 0 saturated carbocycles. The third-order valence-corrected chi connectivity index (χ3v) is 2.19. The molecule has 3 heteroatoms. The number of aliphatic hydroxyl groups is 1. The lowest BCUT2D eigenvalue weighted by Crippen LogP contribution is -2.51. The van der Waals surface area contributed by atoms with Crippen molar-refractivity contribution in [3.63, 3.8) is 0 Å². The van der Waals surface area contributed by atoms with E-state index in [2.05, 4.69) is 23.9 Å². The number of piperazine rings is 1. The largest absolute Gasteiger partial charge is 0.395 e. The molecule has 1 N–H and O–H groups in total. The standard InChI is InChI=1S/C7H16N2O.C2H6/c1-8-3-4-9(2)7(5-8)6-10;1-2/h7,10H,3-6H2,1-2H3;1-2H3. The maximum Gasteiger partial charge on any atom is 0.0599 e. The van der Waals surface area contributed by atoms with Crippen LogP contribution >= 0.6 is 0 Å². The first-order valence-corrected chi connectivity index (χ1v) is 4.73. The number of nitrogens with zero attached hydrogens (tertiary/aromatic N) is 2. The minimum absolute atomic E-state index is 0.279. The first-order chi connectivity index (χ1) is 5.74. The van der Waals surface area contributed by atoms with Crippen molar-refractivity contribution in [3.05, 3.63) is 0 Å². The lowest BCUT2D eigenvalue weighted by atomic mass is 10.2. The summed E-state index contributed by atoms with van der Waals surface area (Å²) in [6.45, 7) is 7.46. The Hall–Kier alpha value is -0.120. The minimum atomic E-state index is 0.279. The van der Waals surface area contributed by atoms with Crippen molar-refractivity contribution < 1.29 is 5.11 Å². The van der Waals surface area contributed by atoms with E-state index < -0.39 is 0 Å². The van der Waals surface area contributed by atoms with Crippen molar-refractivity contribution >= 4 is 0 Å². The fraction of sp³-hybridized carbons (Fsp3) is 1.00. The molecule has 1 heterocycles. The SMILES string of the molecule is CC.CN1CCN(C)C(CO)C1. The van der Waals surface area contributed by atoms with E-state index in [1.807, 2.05) is 13.8 Å². The van der Waals surface area contributed by atoms with Gasteiger partial charge in [-0.1, -0.05) is 13.8 Å². The predicted octanol–water partition coefficient (Wildman–Crippen LogP) is 0.251. The summed E-state index contributed by atoms with van der Waals surface area (Å²) in [5.41, 5.74) is 0. The zero-order valence-corrected chi connectivity index (χ0v) is 8.75. The quantitative estimate of drug-likeness (QED) is 0.617. The second-order valence-electron chi connectivity index (χ2n) is 3.08. The van der Waals surface area contributed by atoms with E-state index in [-0.39, 0.29) is 6.61 Å². The third-order valence-electron chi connectivity index (χ3n) is 2.19. The summed E-state index contributed by atoms with van der Waals surface area (Å²) in [6.07, 6.45) is 0. The molecule has 1 atom stereocenters. The van der Waals surface area contributed by atoms with E-state index >= 15 is 0 Å². The summed E-state index contributed by atoms with van der Waals surface area (Å²) < 4.78 is 0. The van der Waals surface area contributed by atoms with Crippen molar-refractivity contribution in [1.82, 2.24) is 9.80 Å². The lowest BCUT2D eigenvalue weighted by Gasteiger charge is -2.36. The van der Waals surface area contributed by atoms with Gasteiger partial charge in [0.25, 0.3) is 0 Å². The molecule has 0 bridgehead atoms. The van der Waals surface area contributed by atoms with Crippen LogP contribution in [-0.4, -0.2) is 61.3 Å². The summed E-state index contributed by atoms with van der Waals surface area (Å²) in [5, 5.41) is 8.91. The zero-order chi connectivity index (χ0) is 9.56. The van der Waals surface area contributed by atoms with Crippen LogP contribution in [0.2, 0.25) is 0 Å². The third kappa shape index (κ3) is 3.52. The van der Waals surface area contributed by atoms with Gasteiger partial charge in [-0.15, -0.1) is 0 Å². The molecule has 0 spiro atoms. The Morgan fingerprint density at radius 1 is 1.25 bits per heavy atom. The zero-order valence-electron chi connectivity index (χ0n) is 8.75. The predicted molar refractivity (Wildman–Crippen MR) is 52.3 cm³/mol. The van der Waals surface area contributed by atoms with Crippen molar-refractivity contribution in [2.45, 2.75) is 19.9 Å². The molecular formula is C9H22N2O. The molecule has 0 amide bonds. The van der Waals surface area contributed by atoms with E-state index in [1.165, 1.54) is 0 Å². The van der Waals surface area contributed by atoms with Gasteiger partial charge in [0.1, 0.15) is 0 Å². The van der Waals surface area contributed by atoms with Crippen molar-refractivity contribution in [3.8, 4) is 0 Å². The highest BCUT2D eigenvalue weighted by molar-refractivity contribution is 4.77. The molecular weight excluding hydrogens is 152 g/mol. The van der Waals surface area contributed by atoms with Crippen LogP contribution in [0.5, 0.6) is 0 Å². The normalized spacial score (nSPS) is 26.2. The van der Waals surface area contributed by atoms with Crippen LogP contribution in [0.3, 0.4) is 0 Å². The van der Waals surface area contributed by atoms with Crippen LogP contribution < -0.4 is 0 Å². The Morgan fingerprint density at radius 3 is 2.25 bits per heavy atom. The fourth-order valence-electron chi connectivity index (χ4n) is 1.30. The van der Waals surface area contributed by atoms with Crippen LogP contribution in [0.25, 0.3) is 0 Å². The first kappa shape index (κ1) is 11.9. The topological polar surface area (TPSA) is 26.7 Å². The Morgan fingerprint density at radius 2 is 1.83 bits per heavy atom. The molecule has 0 radical (unpaired) electrons. The van der Waals surface area contributed by atoms with Gasteiger partial charge < -0.3 is 10.0 Å². The van der Waals surface area contributed by atoms with Gasteiger partial charge in [-0.2, -0.15) is 0 Å². The summed E-state index contributed by atoms with van der Waals surface area (Å²) in [6, 6.07) is 0.346. The highest BCUT2D eigenvalue weighted by Crippen LogP contribution is 2.03. The van der Waals surface area contributed by atoms with Gasteiger partial charge >= 0.3 is 0 Å². The van der Waals surface area contributed by atoms with Crippen LogP contribution in [-0.2, 0) is 0 Å². The second-order valence-corrected chi connectivity index (χ2v) is 3.08. The summed E-state index contributed by atoms with van der Waals surface area (Å²) >= 11 is 0. The Labute approximate surface area is 76.0 Å². The number of rotatable bonds is 1. The van der Waals surface area contributed by atoms with Gasteiger partial charge in [0.2, 0.25) is 0 Å². The number of likely N-dealkylation sites (N-methyl/N-ethyl adjacent to an activating group) is 2. The van der Waals surface area contributed by atoms with Crippen molar-refractivity contribution in [2.24, 2.45) is 0 Å². The lowest BCUT2D eigenvalue weighted by molar-refractivity contribution is 0.0704. The molecule has 1 aliphatic heterocycles. The fourth-order valence-corrected chi connectivity index (χ4v) is 1.30. The van der Waals surface area contributed by atoms with Crippen LogP contribution in [0.1, 0.15) is 13.8 Å². The number of hydrogen-bond acceptors (Lipinski definition) is 3. The molecule has 0 aliphatic carbocycles. The molecule has 3 nitrogen and oxygen atoms in total. The van der Waals surface area contributed by atoms with Crippen LogP contribution in [0, 0.1) is 0 Å². The average molecular weight is 174 g/mol. The molecule has 1 rings (SSSR count). The van der Waals surface area contributed by atoms with Crippen LogP contribution in [0.4, 0.5) is 0 Å². The monoisotopic (exact) mass is 174 g/mol. The molecule has 1 fully saturated rings. The molecule has 1 unspecified atom stereocenters. The number of hydrogen-bond donors (Lipinski definition) is 1. The molecule has 0 aromatic carbocycles. The van der Waals surface area contributed by atoms with Crippen molar-refractivity contribution in [1.29, 1.82) is 0 Å². The minimum Gasteiger partial charge on any atom is -0.395 e. The van der Waals surface area contributed by atoms with E-state index in [1.54, 1.807) is 0 Å². The molecule has 1 aliphatic rings. The summed E-state index contributed by atoms with van der Waals surface area (Å²) in [5.74, 6) is 0. The van der Waals surface area contributed by atoms with Gasteiger partial charge in [-0.3, -0.25) is 4.90 Å². The smallest absolute Gasteiger partial charge is 0.0599 e. The second kappa shape index (κ2) is 6.40. The van der Waals surface area contributed by atoms with Gasteiger partial charge in [-0.25, -0.2) is 0 Å². The van der Waals surface area contributed by atoms with Gasteiger partial charge in [0.15, 0.2) is 0 Å².